The Labute approximate surface area is 150 Å². The summed E-state index contributed by atoms with van der Waals surface area (Å²) in [6.07, 6.45) is 0. The number of para-hydroxylation sites is 1. The molecule has 4 heteroatoms. The van der Waals surface area contributed by atoms with Gasteiger partial charge in [0.1, 0.15) is 11.7 Å². The molecule has 3 aromatic carbocycles. The Kier molecular flexibility index (Phi) is 5.26. The van der Waals surface area contributed by atoms with E-state index >= 15 is 0 Å². The van der Waals surface area contributed by atoms with E-state index < -0.39 is 11.9 Å². The summed E-state index contributed by atoms with van der Waals surface area (Å²) in [6, 6.07) is 24.0. The van der Waals surface area contributed by atoms with Gasteiger partial charge in [0, 0.05) is 10.6 Å². The van der Waals surface area contributed by atoms with Crippen LogP contribution in [-0.4, -0.2) is 11.8 Å². The molecule has 25 heavy (non-hydrogen) atoms. The normalized spacial score (nSPS) is 11.6. The molecule has 0 heterocycles. The zero-order valence-corrected chi connectivity index (χ0v) is 14.0. The molecule has 1 unspecified atom stereocenters. The van der Waals surface area contributed by atoms with Gasteiger partial charge in [-0.25, -0.2) is 0 Å². The first-order valence-electron chi connectivity index (χ1n) is 7.76. The van der Waals surface area contributed by atoms with E-state index in [-0.39, 0.29) is 5.78 Å². The fourth-order valence-electron chi connectivity index (χ4n) is 2.48. The Morgan fingerprint density at radius 1 is 0.760 bits per heavy atom. The Morgan fingerprint density at radius 2 is 1.32 bits per heavy atom. The van der Waals surface area contributed by atoms with E-state index in [1.54, 1.807) is 72.8 Å². The molecule has 0 N–H and O–H groups in total. The summed E-state index contributed by atoms with van der Waals surface area (Å²) < 4.78 is 5.41. The summed E-state index contributed by atoms with van der Waals surface area (Å²) in [5.41, 5.74) is 0.992. The lowest BCUT2D eigenvalue weighted by atomic mass is 9.90. The minimum Gasteiger partial charge on any atom is -0.426 e. The van der Waals surface area contributed by atoms with Gasteiger partial charge in [0.05, 0.1) is 0 Å². The van der Waals surface area contributed by atoms with E-state index in [0.717, 1.165) is 0 Å². The zero-order valence-electron chi connectivity index (χ0n) is 13.3. The average molecular weight is 351 g/mol. The molecule has 0 spiro atoms. The van der Waals surface area contributed by atoms with Crippen molar-refractivity contribution in [2.24, 2.45) is 0 Å². The number of Topliss-reactive ketones (excluding diaryl/α,β-unsaturated/α-hetero) is 1. The number of carbonyl (C=O) groups is 2. The van der Waals surface area contributed by atoms with Crippen molar-refractivity contribution >= 4 is 23.4 Å². The van der Waals surface area contributed by atoms with E-state index in [9.17, 15) is 9.59 Å². The smallest absolute Gasteiger partial charge is 0.326 e. The van der Waals surface area contributed by atoms with Crippen LogP contribution in [0.15, 0.2) is 84.9 Å². The number of hydrogen-bond acceptors (Lipinski definition) is 3. The molecule has 0 aromatic heterocycles. The summed E-state index contributed by atoms with van der Waals surface area (Å²) in [5.74, 6) is -1.60. The Bertz CT molecular complexity index is 859. The van der Waals surface area contributed by atoms with E-state index in [4.69, 9.17) is 16.3 Å². The molecule has 0 aliphatic carbocycles. The topological polar surface area (TPSA) is 43.4 Å². The lowest BCUT2D eigenvalue weighted by Gasteiger charge is -2.15. The van der Waals surface area contributed by atoms with Crippen molar-refractivity contribution in [3.05, 3.63) is 101 Å². The van der Waals surface area contributed by atoms with Crippen LogP contribution in [0.25, 0.3) is 0 Å². The third-order valence-corrected chi connectivity index (χ3v) is 3.97. The molecule has 0 radical (unpaired) electrons. The molecule has 0 aliphatic rings. The van der Waals surface area contributed by atoms with Gasteiger partial charge in [-0.3, -0.25) is 9.59 Å². The van der Waals surface area contributed by atoms with Crippen molar-refractivity contribution in [3.63, 3.8) is 0 Å². The molecule has 1 atom stereocenters. The highest BCUT2D eigenvalue weighted by molar-refractivity contribution is 6.30. The van der Waals surface area contributed by atoms with Crippen LogP contribution in [0.2, 0.25) is 5.02 Å². The molecule has 0 aliphatic heterocycles. The number of ketones is 1. The molecule has 124 valence electrons. The highest BCUT2D eigenvalue weighted by Crippen LogP contribution is 2.25. The van der Waals surface area contributed by atoms with Crippen LogP contribution in [-0.2, 0) is 4.79 Å². The summed E-state index contributed by atoms with van der Waals surface area (Å²) in [6.45, 7) is 0. The molecule has 0 saturated carbocycles. The maximum absolute atomic E-state index is 12.9. The van der Waals surface area contributed by atoms with Crippen molar-refractivity contribution in [1.82, 2.24) is 0 Å². The van der Waals surface area contributed by atoms with Crippen LogP contribution in [0.4, 0.5) is 0 Å². The van der Waals surface area contributed by atoms with Crippen LogP contribution in [0, 0.1) is 0 Å². The Morgan fingerprint density at radius 3 is 1.92 bits per heavy atom. The van der Waals surface area contributed by atoms with Gasteiger partial charge in [-0.2, -0.15) is 0 Å². The number of ether oxygens (including phenoxy) is 1. The summed E-state index contributed by atoms with van der Waals surface area (Å²) >= 11 is 5.92. The van der Waals surface area contributed by atoms with Crippen molar-refractivity contribution in [2.75, 3.05) is 0 Å². The monoisotopic (exact) mass is 350 g/mol. The number of hydrogen-bond donors (Lipinski definition) is 0. The van der Waals surface area contributed by atoms with E-state index in [1.165, 1.54) is 0 Å². The van der Waals surface area contributed by atoms with Crippen LogP contribution < -0.4 is 4.74 Å². The first-order valence-corrected chi connectivity index (χ1v) is 8.14. The lowest BCUT2D eigenvalue weighted by molar-refractivity contribution is -0.134. The van der Waals surface area contributed by atoms with Crippen LogP contribution in [0.3, 0.4) is 0 Å². The highest BCUT2D eigenvalue weighted by atomic mass is 35.5. The molecule has 3 nitrogen and oxygen atoms in total. The van der Waals surface area contributed by atoms with E-state index in [0.29, 0.717) is 21.9 Å². The first-order chi connectivity index (χ1) is 12.1. The SMILES string of the molecule is O=C(Oc1ccccc1)C(C(=O)c1ccccc1)c1ccc(Cl)cc1. The van der Waals surface area contributed by atoms with Gasteiger partial charge < -0.3 is 4.74 Å². The molecular weight excluding hydrogens is 336 g/mol. The van der Waals surface area contributed by atoms with Crippen LogP contribution in [0.1, 0.15) is 21.8 Å². The number of halogens is 1. The van der Waals surface area contributed by atoms with Gasteiger partial charge in [-0.05, 0) is 29.8 Å². The minimum atomic E-state index is -1.06. The molecule has 3 aromatic rings. The largest absolute Gasteiger partial charge is 0.426 e. The minimum absolute atomic E-state index is 0.316. The van der Waals surface area contributed by atoms with Crippen molar-refractivity contribution in [3.8, 4) is 5.75 Å². The summed E-state index contributed by atoms with van der Waals surface area (Å²) in [5, 5.41) is 0.533. The predicted octanol–water partition coefficient (Wildman–Crippen LogP) is 4.91. The predicted molar refractivity (Wildman–Crippen MR) is 97.0 cm³/mol. The van der Waals surface area contributed by atoms with E-state index in [2.05, 4.69) is 0 Å². The summed E-state index contributed by atoms with van der Waals surface area (Å²) in [4.78, 5) is 25.7. The maximum atomic E-state index is 12.9. The third-order valence-electron chi connectivity index (χ3n) is 3.72. The standard InChI is InChI=1S/C21H15ClO3/c22-17-13-11-15(12-14-17)19(20(23)16-7-3-1-4-8-16)21(24)25-18-9-5-2-6-10-18/h1-14,19H. The van der Waals surface area contributed by atoms with Crippen molar-refractivity contribution in [2.45, 2.75) is 5.92 Å². The maximum Gasteiger partial charge on any atom is 0.326 e. The second-order valence-corrected chi connectivity index (χ2v) is 5.89. The lowest BCUT2D eigenvalue weighted by Crippen LogP contribution is -2.26. The van der Waals surface area contributed by atoms with Gasteiger partial charge in [0.2, 0.25) is 0 Å². The fourth-order valence-corrected chi connectivity index (χ4v) is 2.61. The quantitative estimate of drug-likeness (QED) is 0.284. The van der Waals surface area contributed by atoms with Gasteiger partial charge in [0.15, 0.2) is 5.78 Å². The molecule has 0 amide bonds. The fraction of sp³-hybridized carbons (Fsp3) is 0.0476. The molecular formula is C21H15ClO3. The van der Waals surface area contributed by atoms with Crippen molar-refractivity contribution < 1.29 is 14.3 Å². The number of rotatable bonds is 5. The van der Waals surface area contributed by atoms with Crippen LogP contribution in [0.5, 0.6) is 5.75 Å². The van der Waals surface area contributed by atoms with Crippen LogP contribution >= 0.6 is 11.6 Å². The number of benzene rings is 3. The molecule has 0 bridgehead atoms. The van der Waals surface area contributed by atoms with Gasteiger partial charge >= 0.3 is 5.97 Å². The molecule has 3 rings (SSSR count). The van der Waals surface area contributed by atoms with Gasteiger partial charge in [-0.1, -0.05) is 72.3 Å². The van der Waals surface area contributed by atoms with Gasteiger partial charge in [-0.15, -0.1) is 0 Å². The number of carbonyl (C=O) groups excluding carboxylic acids is 2. The van der Waals surface area contributed by atoms with Gasteiger partial charge in [0.25, 0.3) is 0 Å². The highest BCUT2D eigenvalue weighted by Gasteiger charge is 2.31. The number of esters is 1. The zero-order chi connectivity index (χ0) is 17.6. The second-order valence-electron chi connectivity index (χ2n) is 5.45. The Balaban J connectivity index is 1.95. The first kappa shape index (κ1) is 16.9. The Hall–Kier alpha value is -2.91. The van der Waals surface area contributed by atoms with E-state index in [1.807, 2.05) is 12.1 Å². The third kappa shape index (κ3) is 4.14. The summed E-state index contributed by atoms with van der Waals surface area (Å²) in [7, 11) is 0. The average Bonchev–Trinajstić information content (AvgIpc) is 2.65. The molecule has 0 saturated heterocycles. The second kappa shape index (κ2) is 7.77. The molecule has 0 fully saturated rings. The van der Waals surface area contributed by atoms with Crippen molar-refractivity contribution in [1.29, 1.82) is 0 Å².